The molecule has 2 atom stereocenters. The van der Waals surface area contributed by atoms with Crippen LogP contribution >= 0.6 is 0 Å². The van der Waals surface area contributed by atoms with Crippen LogP contribution in [0.1, 0.15) is 55.7 Å². The van der Waals surface area contributed by atoms with Gasteiger partial charge in [-0.3, -0.25) is 0 Å². The molecule has 0 bridgehead atoms. The molecule has 0 N–H and O–H groups in total. The second-order valence-corrected chi connectivity index (χ2v) is 5.55. The average Bonchev–Trinajstić information content (AvgIpc) is 2.39. The van der Waals surface area contributed by atoms with Gasteiger partial charge in [0.25, 0.3) is 0 Å². The van der Waals surface area contributed by atoms with Gasteiger partial charge in [0.1, 0.15) is 5.82 Å². The summed E-state index contributed by atoms with van der Waals surface area (Å²) in [5, 5.41) is 0. The third-order valence-electron chi connectivity index (χ3n) is 3.79. The lowest BCUT2D eigenvalue weighted by Gasteiger charge is -2.23. The highest BCUT2D eigenvalue weighted by Gasteiger charge is 2.25. The first kappa shape index (κ1) is 12.3. The summed E-state index contributed by atoms with van der Waals surface area (Å²) in [7, 11) is 0. The van der Waals surface area contributed by atoms with Crippen molar-refractivity contribution in [2.75, 3.05) is 0 Å². The van der Waals surface area contributed by atoms with Crippen molar-refractivity contribution in [3.05, 3.63) is 46.8 Å². The fraction of sp³-hybridized carbons (Fsp3) is 0.500. The van der Waals surface area contributed by atoms with Gasteiger partial charge >= 0.3 is 0 Å². The molecule has 17 heavy (non-hydrogen) atoms. The first-order valence-electron chi connectivity index (χ1n) is 6.47. The zero-order valence-corrected chi connectivity index (χ0v) is 11.1. The topological polar surface area (TPSA) is 0 Å². The number of hydrogen-bond donors (Lipinski definition) is 0. The van der Waals surface area contributed by atoms with Crippen LogP contribution in [0.5, 0.6) is 0 Å². The molecule has 0 saturated heterocycles. The van der Waals surface area contributed by atoms with Crippen LogP contribution in [0.4, 0.5) is 4.39 Å². The molecule has 0 heterocycles. The second-order valence-electron chi connectivity index (χ2n) is 5.55. The molecular formula is C16H21F. The van der Waals surface area contributed by atoms with Gasteiger partial charge in [0.05, 0.1) is 0 Å². The number of hydrogen-bond acceptors (Lipinski definition) is 0. The van der Waals surface area contributed by atoms with E-state index in [1.165, 1.54) is 5.56 Å². The molecule has 0 unspecified atom stereocenters. The average molecular weight is 232 g/mol. The van der Waals surface area contributed by atoms with Crippen LogP contribution in [0.3, 0.4) is 0 Å². The zero-order chi connectivity index (χ0) is 12.6. The molecule has 0 fully saturated rings. The van der Waals surface area contributed by atoms with E-state index in [1.807, 2.05) is 6.92 Å². The third-order valence-corrected chi connectivity index (χ3v) is 3.79. The second kappa shape index (κ2) is 4.64. The van der Waals surface area contributed by atoms with Crippen LogP contribution in [0, 0.1) is 18.7 Å². The Balaban J connectivity index is 2.62. The van der Waals surface area contributed by atoms with Crippen molar-refractivity contribution >= 4 is 0 Å². The van der Waals surface area contributed by atoms with Crippen molar-refractivity contribution in [3.8, 4) is 0 Å². The normalized spacial score (nSPS) is 23.6. The Labute approximate surface area is 104 Å². The highest BCUT2D eigenvalue weighted by molar-refractivity contribution is 5.41. The number of fused-ring (bicyclic) bond motifs is 1. The van der Waals surface area contributed by atoms with E-state index in [2.05, 4.69) is 39.0 Å². The number of halogens is 1. The predicted molar refractivity (Wildman–Crippen MR) is 70.9 cm³/mol. The lowest BCUT2D eigenvalue weighted by atomic mass is 9.82. The monoisotopic (exact) mass is 232 g/mol. The molecule has 0 nitrogen and oxygen atoms in total. The molecule has 92 valence electrons. The van der Waals surface area contributed by atoms with E-state index in [1.54, 1.807) is 6.07 Å². The van der Waals surface area contributed by atoms with Gasteiger partial charge in [-0.2, -0.15) is 0 Å². The molecule has 1 aromatic carbocycles. The maximum Gasteiger partial charge on any atom is 0.127 e. The lowest BCUT2D eigenvalue weighted by molar-refractivity contribution is 0.473. The highest BCUT2D eigenvalue weighted by Crippen LogP contribution is 2.39. The van der Waals surface area contributed by atoms with E-state index in [4.69, 9.17) is 0 Å². The van der Waals surface area contributed by atoms with E-state index < -0.39 is 0 Å². The van der Waals surface area contributed by atoms with E-state index in [0.717, 1.165) is 17.5 Å². The van der Waals surface area contributed by atoms with Crippen LogP contribution in [0.25, 0.3) is 0 Å². The third kappa shape index (κ3) is 2.29. The van der Waals surface area contributed by atoms with Crippen LogP contribution in [0.2, 0.25) is 0 Å². The maximum atomic E-state index is 14.3. The summed E-state index contributed by atoms with van der Waals surface area (Å²) in [5.41, 5.74) is 3.14. The van der Waals surface area contributed by atoms with Crippen molar-refractivity contribution in [1.29, 1.82) is 0 Å². The van der Waals surface area contributed by atoms with E-state index in [-0.39, 0.29) is 5.82 Å². The minimum atomic E-state index is -0.0192. The summed E-state index contributed by atoms with van der Waals surface area (Å²) in [5.74, 6) is 1.09. The Morgan fingerprint density at radius 1 is 1.29 bits per heavy atom. The Morgan fingerprint density at radius 2 is 2.00 bits per heavy atom. The van der Waals surface area contributed by atoms with Crippen LogP contribution < -0.4 is 0 Å². The summed E-state index contributed by atoms with van der Waals surface area (Å²) in [6, 6.07) is 3.82. The molecule has 0 saturated carbocycles. The van der Waals surface area contributed by atoms with Gasteiger partial charge in [-0.05, 0) is 53.9 Å². The minimum Gasteiger partial charge on any atom is -0.207 e. The Bertz CT molecular complexity index is 443. The lowest BCUT2D eigenvalue weighted by Crippen LogP contribution is -2.11. The van der Waals surface area contributed by atoms with Crippen LogP contribution in [0.15, 0.2) is 24.3 Å². The summed E-state index contributed by atoms with van der Waals surface area (Å²) in [6.45, 7) is 8.47. The van der Waals surface area contributed by atoms with E-state index in [0.29, 0.717) is 17.8 Å². The van der Waals surface area contributed by atoms with Gasteiger partial charge in [-0.25, -0.2) is 4.39 Å². The molecule has 2 rings (SSSR count). The van der Waals surface area contributed by atoms with Gasteiger partial charge in [-0.1, -0.05) is 39.0 Å². The molecular weight excluding hydrogens is 211 g/mol. The van der Waals surface area contributed by atoms with E-state index in [9.17, 15) is 4.39 Å². The smallest absolute Gasteiger partial charge is 0.127 e. The number of rotatable bonds is 1. The van der Waals surface area contributed by atoms with Gasteiger partial charge < -0.3 is 0 Å². The molecule has 1 aromatic rings. The minimum absolute atomic E-state index is 0.0192. The Morgan fingerprint density at radius 3 is 2.65 bits per heavy atom. The molecule has 1 aliphatic carbocycles. The first-order chi connectivity index (χ1) is 8.00. The maximum absolute atomic E-state index is 14.3. The summed E-state index contributed by atoms with van der Waals surface area (Å²) >= 11 is 0. The largest absolute Gasteiger partial charge is 0.207 e. The van der Waals surface area contributed by atoms with Crippen LogP contribution in [-0.2, 0) is 0 Å². The summed E-state index contributed by atoms with van der Waals surface area (Å²) in [4.78, 5) is 0. The SMILES string of the molecule is Cc1cc(F)c2c(c1)[C@H](C)C=CC[C@@H]2C(C)C. The predicted octanol–water partition coefficient (Wildman–Crippen LogP) is 4.94. The standard InChI is InChI=1S/C16H21F/c1-10(2)13-7-5-6-12(4)14-8-11(3)9-15(17)16(13)14/h5-6,8-10,12-13H,7H2,1-4H3/t12-,13-/m1/s1. The quantitative estimate of drug-likeness (QED) is 0.602. The fourth-order valence-electron chi connectivity index (χ4n) is 2.80. The van der Waals surface area contributed by atoms with E-state index >= 15 is 0 Å². The van der Waals surface area contributed by atoms with Gasteiger partial charge in [0.2, 0.25) is 0 Å². The fourth-order valence-corrected chi connectivity index (χ4v) is 2.80. The molecule has 0 aliphatic heterocycles. The van der Waals surface area contributed by atoms with Crippen molar-refractivity contribution < 1.29 is 4.39 Å². The number of benzene rings is 1. The van der Waals surface area contributed by atoms with Crippen molar-refractivity contribution in [1.82, 2.24) is 0 Å². The highest BCUT2D eigenvalue weighted by atomic mass is 19.1. The molecule has 0 spiro atoms. The van der Waals surface area contributed by atoms with Gasteiger partial charge in [0, 0.05) is 0 Å². The molecule has 0 amide bonds. The van der Waals surface area contributed by atoms with Crippen LogP contribution in [-0.4, -0.2) is 0 Å². The Hall–Kier alpha value is -1.11. The Kier molecular flexibility index (Phi) is 3.37. The van der Waals surface area contributed by atoms with Crippen molar-refractivity contribution in [2.45, 2.75) is 46.0 Å². The summed E-state index contributed by atoms with van der Waals surface area (Å²) in [6.07, 6.45) is 5.37. The zero-order valence-electron chi connectivity index (χ0n) is 11.1. The molecule has 0 radical (unpaired) electrons. The molecule has 1 aliphatic rings. The summed E-state index contributed by atoms with van der Waals surface area (Å²) < 4.78 is 14.3. The molecule has 1 heteroatoms. The van der Waals surface area contributed by atoms with Gasteiger partial charge in [0.15, 0.2) is 0 Å². The van der Waals surface area contributed by atoms with Crippen molar-refractivity contribution in [2.24, 2.45) is 5.92 Å². The molecule has 0 aromatic heterocycles. The van der Waals surface area contributed by atoms with Gasteiger partial charge in [-0.15, -0.1) is 0 Å². The van der Waals surface area contributed by atoms with Crippen molar-refractivity contribution in [3.63, 3.8) is 0 Å². The number of aryl methyl sites for hydroxylation is 1. The number of allylic oxidation sites excluding steroid dienone is 2. The first-order valence-corrected chi connectivity index (χ1v) is 6.47.